The molecule has 0 amide bonds. The number of hydrogen-bond donors (Lipinski definition) is 1. The Kier molecular flexibility index (Phi) is 2.87. The van der Waals surface area contributed by atoms with Crippen molar-refractivity contribution in [1.29, 1.82) is 0 Å². The van der Waals surface area contributed by atoms with Gasteiger partial charge in [0.1, 0.15) is 0 Å². The molecule has 0 spiro atoms. The third-order valence-electron chi connectivity index (χ3n) is 2.41. The molecular formula is C13H15N3O. The summed E-state index contributed by atoms with van der Waals surface area (Å²) < 4.78 is 1.50. The number of hydrogen-bond acceptors (Lipinski definition) is 2. The van der Waals surface area contributed by atoms with Gasteiger partial charge < -0.3 is 4.90 Å². The van der Waals surface area contributed by atoms with E-state index in [2.05, 4.69) is 11.7 Å². The van der Waals surface area contributed by atoms with Gasteiger partial charge in [0.2, 0.25) is 0 Å². The van der Waals surface area contributed by atoms with Gasteiger partial charge in [0.05, 0.1) is 16.3 Å². The van der Waals surface area contributed by atoms with Crippen molar-refractivity contribution in [3.8, 4) is 5.69 Å². The summed E-state index contributed by atoms with van der Waals surface area (Å²) in [6.07, 6.45) is 1.76. The van der Waals surface area contributed by atoms with E-state index in [-0.39, 0.29) is 5.56 Å². The lowest BCUT2D eigenvalue weighted by molar-refractivity contribution is 0.613. The number of nitrogens with one attached hydrogen (secondary N) is 1. The molecule has 0 aliphatic heterocycles. The molecule has 4 heteroatoms. The van der Waals surface area contributed by atoms with Crippen LogP contribution in [0.5, 0.6) is 0 Å². The van der Waals surface area contributed by atoms with Gasteiger partial charge >= 0.3 is 0 Å². The molecule has 88 valence electrons. The van der Waals surface area contributed by atoms with Crippen LogP contribution in [0, 0.1) is 0 Å². The maximum absolute atomic E-state index is 12.2. The fourth-order valence-corrected chi connectivity index (χ4v) is 1.65. The smallest absolute Gasteiger partial charge is 0.280 e. The number of H-pyrrole nitrogens is 1. The summed E-state index contributed by atoms with van der Waals surface area (Å²) in [6.45, 7) is 3.85. The zero-order chi connectivity index (χ0) is 12.4. The highest BCUT2D eigenvalue weighted by atomic mass is 16.1. The Morgan fingerprint density at radius 1 is 1.29 bits per heavy atom. The quantitative estimate of drug-likeness (QED) is 0.779. The van der Waals surface area contributed by atoms with Crippen molar-refractivity contribution in [1.82, 2.24) is 14.7 Å². The van der Waals surface area contributed by atoms with Gasteiger partial charge in [0.25, 0.3) is 5.56 Å². The standard InChI is InChI=1S/C13H15N3O/c1-10-12(9-15(2)3)13(17)16(14-10)11-7-5-4-6-8-11/h4-9,14H,1H2,2-3H3. The Morgan fingerprint density at radius 3 is 2.53 bits per heavy atom. The normalized spacial score (nSPS) is 11.8. The molecule has 0 bridgehead atoms. The number of aromatic amines is 1. The van der Waals surface area contributed by atoms with Crippen molar-refractivity contribution >= 4 is 12.8 Å². The molecule has 1 heterocycles. The summed E-state index contributed by atoms with van der Waals surface area (Å²) in [7, 11) is 3.75. The van der Waals surface area contributed by atoms with Crippen molar-refractivity contribution in [2.75, 3.05) is 14.1 Å². The molecule has 1 N–H and O–H groups in total. The number of aromatic nitrogens is 2. The van der Waals surface area contributed by atoms with E-state index in [1.165, 1.54) is 4.68 Å². The Balaban J connectivity index is 2.69. The molecule has 2 rings (SSSR count). The van der Waals surface area contributed by atoms with Crippen LogP contribution in [0.2, 0.25) is 0 Å². The van der Waals surface area contributed by atoms with Crippen LogP contribution < -0.4 is 16.1 Å². The van der Waals surface area contributed by atoms with E-state index in [0.29, 0.717) is 10.6 Å². The lowest BCUT2D eigenvalue weighted by Crippen LogP contribution is -2.35. The first-order valence-corrected chi connectivity index (χ1v) is 5.33. The third kappa shape index (κ3) is 2.15. The molecule has 2 aromatic rings. The van der Waals surface area contributed by atoms with Crippen LogP contribution in [0.3, 0.4) is 0 Å². The fraction of sp³-hybridized carbons (Fsp3) is 0.154. The van der Waals surface area contributed by atoms with E-state index >= 15 is 0 Å². The average molecular weight is 229 g/mol. The summed E-state index contributed by atoms with van der Waals surface area (Å²) in [6, 6.07) is 9.43. The predicted molar refractivity (Wildman–Crippen MR) is 69.3 cm³/mol. The van der Waals surface area contributed by atoms with Crippen LogP contribution in [0.1, 0.15) is 0 Å². The van der Waals surface area contributed by atoms with Crippen LogP contribution in [-0.2, 0) is 0 Å². The summed E-state index contributed by atoms with van der Waals surface area (Å²) in [5.41, 5.74) is 0.718. The molecule has 0 unspecified atom stereocenters. The number of rotatable bonds is 2. The predicted octanol–water partition coefficient (Wildman–Crippen LogP) is -0.125. The van der Waals surface area contributed by atoms with E-state index in [0.717, 1.165) is 5.69 Å². The van der Waals surface area contributed by atoms with Crippen LogP contribution >= 0.6 is 0 Å². The lowest BCUT2D eigenvalue weighted by Gasteiger charge is -2.01. The Labute approximate surface area is 99.1 Å². The molecule has 0 radical (unpaired) electrons. The van der Waals surface area contributed by atoms with E-state index in [1.54, 1.807) is 6.20 Å². The summed E-state index contributed by atoms with van der Waals surface area (Å²) >= 11 is 0. The van der Waals surface area contributed by atoms with Gasteiger partial charge in [0, 0.05) is 20.3 Å². The van der Waals surface area contributed by atoms with Gasteiger partial charge in [-0.25, -0.2) is 4.68 Å². The molecular weight excluding hydrogens is 214 g/mol. The van der Waals surface area contributed by atoms with Gasteiger partial charge in [0.15, 0.2) is 0 Å². The molecule has 4 nitrogen and oxygen atoms in total. The van der Waals surface area contributed by atoms with Crippen molar-refractivity contribution in [3.05, 3.63) is 51.3 Å². The zero-order valence-electron chi connectivity index (χ0n) is 9.97. The topological polar surface area (TPSA) is 41.0 Å². The highest BCUT2D eigenvalue weighted by Crippen LogP contribution is 1.99. The minimum Gasteiger partial charge on any atom is -0.383 e. The van der Waals surface area contributed by atoms with Gasteiger partial charge in [-0.15, -0.1) is 0 Å². The van der Waals surface area contributed by atoms with Gasteiger partial charge in [-0.3, -0.25) is 9.89 Å². The maximum Gasteiger partial charge on any atom is 0.280 e. The monoisotopic (exact) mass is 229 g/mol. The number of nitrogens with zero attached hydrogens (tertiary/aromatic N) is 2. The molecule has 17 heavy (non-hydrogen) atoms. The number of para-hydroxylation sites is 1. The van der Waals surface area contributed by atoms with Crippen molar-refractivity contribution in [2.24, 2.45) is 0 Å². The molecule has 0 aliphatic rings. The second-order valence-corrected chi connectivity index (χ2v) is 4.07. The largest absolute Gasteiger partial charge is 0.383 e. The molecule has 1 aromatic carbocycles. The first-order valence-electron chi connectivity index (χ1n) is 5.33. The fourth-order valence-electron chi connectivity index (χ4n) is 1.65. The molecule has 0 saturated carbocycles. The van der Waals surface area contributed by atoms with Crippen molar-refractivity contribution < 1.29 is 0 Å². The minimum absolute atomic E-state index is 0.0881. The van der Waals surface area contributed by atoms with Crippen molar-refractivity contribution in [2.45, 2.75) is 0 Å². The first-order chi connectivity index (χ1) is 8.09. The highest BCUT2D eigenvalue weighted by molar-refractivity contribution is 5.31. The van der Waals surface area contributed by atoms with Crippen LogP contribution in [0.25, 0.3) is 18.5 Å². The molecule has 0 atom stereocenters. The zero-order valence-corrected chi connectivity index (χ0v) is 9.97. The average Bonchev–Trinajstić information content (AvgIpc) is 2.58. The van der Waals surface area contributed by atoms with E-state index in [9.17, 15) is 4.79 Å². The summed E-state index contributed by atoms with van der Waals surface area (Å²) in [4.78, 5) is 14.0. The van der Waals surface area contributed by atoms with Gasteiger partial charge in [-0.2, -0.15) is 0 Å². The second-order valence-electron chi connectivity index (χ2n) is 4.07. The van der Waals surface area contributed by atoms with E-state index in [1.807, 2.05) is 49.3 Å². The summed E-state index contributed by atoms with van der Waals surface area (Å²) in [5.74, 6) is 0. The minimum atomic E-state index is -0.0881. The third-order valence-corrected chi connectivity index (χ3v) is 2.41. The Morgan fingerprint density at radius 2 is 1.94 bits per heavy atom. The Hall–Kier alpha value is -2.23. The molecule has 0 saturated heterocycles. The van der Waals surface area contributed by atoms with Crippen molar-refractivity contribution in [3.63, 3.8) is 0 Å². The molecule has 0 aliphatic carbocycles. The SMILES string of the molecule is C=c1[nH]n(-c2ccccc2)c(=O)c1=CN(C)C. The molecule has 0 fully saturated rings. The van der Waals surface area contributed by atoms with Gasteiger partial charge in [-0.1, -0.05) is 24.8 Å². The number of benzene rings is 1. The maximum atomic E-state index is 12.2. The summed E-state index contributed by atoms with van der Waals surface area (Å²) in [5, 5.41) is 4.17. The highest BCUT2D eigenvalue weighted by Gasteiger charge is 2.03. The van der Waals surface area contributed by atoms with Crippen LogP contribution in [0.4, 0.5) is 0 Å². The second kappa shape index (κ2) is 4.33. The van der Waals surface area contributed by atoms with Crippen LogP contribution in [-0.4, -0.2) is 28.8 Å². The first kappa shape index (κ1) is 11.3. The van der Waals surface area contributed by atoms with E-state index in [4.69, 9.17) is 0 Å². The van der Waals surface area contributed by atoms with Crippen LogP contribution in [0.15, 0.2) is 35.1 Å². The van der Waals surface area contributed by atoms with E-state index < -0.39 is 0 Å². The lowest BCUT2D eigenvalue weighted by atomic mass is 10.3. The molecule has 1 aromatic heterocycles. The Bertz CT molecular complexity index is 665. The van der Waals surface area contributed by atoms with Gasteiger partial charge in [-0.05, 0) is 12.1 Å².